The summed E-state index contributed by atoms with van der Waals surface area (Å²) < 4.78 is 1.77. The Hall–Kier alpha value is -3.37. The molecule has 5 rings (SSSR count). The predicted molar refractivity (Wildman–Crippen MR) is 128 cm³/mol. The SMILES string of the molecule is Cc1ccc(-n2nc(-c3ccccc3Cl)cc2C(=O)N2CCc3ccccc3C2)c(C)c1. The molecule has 0 N–H and O–H groups in total. The second kappa shape index (κ2) is 8.29. The van der Waals surface area contributed by atoms with Crippen LogP contribution in [0.3, 0.4) is 0 Å². The van der Waals surface area contributed by atoms with E-state index < -0.39 is 0 Å². The molecular formula is C27H24ClN3O. The maximum Gasteiger partial charge on any atom is 0.272 e. The minimum Gasteiger partial charge on any atom is -0.333 e. The molecule has 0 aliphatic carbocycles. The van der Waals surface area contributed by atoms with E-state index in [-0.39, 0.29) is 5.91 Å². The number of amides is 1. The molecule has 32 heavy (non-hydrogen) atoms. The maximum atomic E-state index is 13.7. The standard InChI is InChI=1S/C27H24ClN3O/c1-18-11-12-25(19(2)15-18)31-26(16-24(29-31)22-9-5-6-10-23(22)28)27(32)30-14-13-20-7-3-4-8-21(20)17-30/h3-12,15-16H,13-14,17H2,1-2H3. The van der Waals surface area contributed by atoms with Crippen LogP contribution in [0.25, 0.3) is 16.9 Å². The highest BCUT2D eigenvalue weighted by molar-refractivity contribution is 6.33. The summed E-state index contributed by atoms with van der Waals surface area (Å²) in [6.45, 7) is 5.40. The fourth-order valence-corrected chi connectivity index (χ4v) is 4.62. The largest absolute Gasteiger partial charge is 0.333 e. The fourth-order valence-electron chi connectivity index (χ4n) is 4.39. The van der Waals surface area contributed by atoms with Gasteiger partial charge >= 0.3 is 0 Å². The fraction of sp³-hybridized carbons (Fsp3) is 0.185. The number of halogens is 1. The first-order valence-corrected chi connectivity index (χ1v) is 11.2. The van der Waals surface area contributed by atoms with Gasteiger partial charge in [0, 0.05) is 18.7 Å². The van der Waals surface area contributed by atoms with Crippen LogP contribution in [0.4, 0.5) is 0 Å². The number of aryl methyl sites for hydroxylation is 2. The summed E-state index contributed by atoms with van der Waals surface area (Å²) in [5.41, 5.74) is 7.71. The Morgan fingerprint density at radius 3 is 2.47 bits per heavy atom. The van der Waals surface area contributed by atoms with Crippen molar-refractivity contribution in [3.8, 4) is 16.9 Å². The molecule has 4 aromatic rings. The number of hydrogen-bond donors (Lipinski definition) is 0. The van der Waals surface area contributed by atoms with E-state index in [4.69, 9.17) is 16.7 Å². The molecule has 0 radical (unpaired) electrons. The van der Waals surface area contributed by atoms with Crippen LogP contribution in [0.15, 0.2) is 72.8 Å². The van der Waals surface area contributed by atoms with Crippen molar-refractivity contribution in [1.82, 2.24) is 14.7 Å². The van der Waals surface area contributed by atoms with Crippen LogP contribution in [0.5, 0.6) is 0 Å². The summed E-state index contributed by atoms with van der Waals surface area (Å²) in [7, 11) is 0. The van der Waals surface area contributed by atoms with Gasteiger partial charge in [-0.3, -0.25) is 4.79 Å². The van der Waals surface area contributed by atoms with Crippen molar-refractivity contribution in [3.63, 3.8) is 0 Å². The van der Waals surface area contributed by atoms with Gasteiger partial charge in [0.25, 0.3) is 5.91 Å². The van der Waals surface area contributed by atoms with Gasteiger partial charge in [-0.05, 0) is 55.2 Å². The quantitative estimate of drug-likeness (QED) is 0.390. The topological polar surface area (TPSA) is 38.1 Å². The molecule has 1 aliphatic rings. The number of carbonyl (C=O) groups excluding carboxylic acids is 1. The summed E-state index contributed by atoms with van der Waals surface area (Å²) in [5.74, 6) is -0.0229. The van der Waals surface area contributed by atoms with Crippen LogP contribution in [0.2, 0.25) is 5.02 Å². The van der Waals surface area contributed by atoms with Crippen molar-refractivity contribution in [1.29, 1.82) is 0 Å². The average Bonchev–Trinajstić information content (AvgIpc) is 3.23. The molecule has 0 atom stereocenters. The zero-order chi connectivity index (χ0) is 22.2. The Balaban J connectivity index is 1.60. The molecule has 3 aromatic carbocycles. The summed E-state index contributed by atoms with van der Waals surface area (Å²) in [6, 6.07) is 24.0. The third-order valence-electron chi connectivity index (χ3n) is 6.08. The zero-order valence-corrected chi connectivity index (χ0v) is 18.9. The van der Waals surface area contributed by atoms with Gasteiger partial charge in [-0.15, -0.1) is 0 Å². The van der Waals surface area contributed by atoms with Crippen molar-refractivity contribution in [3.05, 3.63) is 106 Å². The normalized spacial score (nSPS) is 13.2. The first-order chi connectivity index (χ1) is 15.5. The highest BCUT2D eigenvalue weighted by atomic mass is 35.5. The van der Waals surface area contributed by atoms with Crippen molar-refractivity contribution in [2.45, 2.75) is 26.8 Å². The Bertz CT molecular complexity index is 1320. The molecule has 160 valence electrons. The number of fused-ring (bicyclic) bond motifs is 1. The molecule has 1 amide bonds. The van der Waals surface area contributed by atoms with Gasteiger partial charge in [0.2, 0.25) is 0 Å². The zero-order valence-electron chi connectivity index (χ0n) is 18.2. The second-order valence-corrected chi connectivity index (χ2v) is 8.75. The summed E-state index contributed by atoms with van der Waals surface area (Å²) >= 11 is 6.46. The van der Waals surface area contributed by atoms with Gasteiger partial charge in [0.1, 0.15) is 5.69 Å². The molecule has 0 bridgehead atoms. The lowest BCUT2D eigenvalue weighted by atomic mass is 9.99. The van der Waals surface area contributed by atoms with Crippen molar-refractivity contribution >= 4 is 17.5 Å². The molecule has 2 heterocycles. The van der Waals surface area contributed by atoms with E-state index in [0.29, 0.717) is 29.5 Å². The molecule has 0 unspecified atom stereocenters. The first-order valence-electron chi connectivity index (χ1n) is 10.8. The molecule has 0 saturated heterocycles. The van der Waals surface area contributed by atoms with E-state index in [1.165, 1.54) is 16.7 Å². The number of hydrogen-bond acceptors (Lipinski definition) is 2. The van der Waals surface area contributed by atoms with Crippen LogP contribution in [-0.2, 0) is 13.0 Å². The second-order valence-electron chi connectivity index (χ2n) is 8.34. The molecule has 4 nitrogen and oxygen atoms in total. The third-order valence-corrected chi connectivity index (χ3v) is 6.41. The molecule has 0 fully saturated rings. The van der Waals surface area contributed by atoms with E-state index in [1.807, 2.05) is 60.4 Å². The molecule has 5 heteroatoms. The first kappa shape index (κ1) is 20.5. The smallest absolute Gasteiger partial charge is 0.272 e. The third kappa shape index (κ3) is 3.71. The van der Waals surface area contributed by atoms with Gasteiger partial charge in [0.05, 0.1) is 16.4 Å². The number of nitrogens with zero attached hydrogens (tertiary/aromatic N) is 3. The van der Waals surface area contributed by atoms with Gasteiger partial charge in [-0.25, -0.2) is 4.68 Å². The average molecular weight is 442 g/mol. The van der Waals surface area contributed by atoms with E-state index in [9.17, 15) is 4.79 Å². The van der Waals surface area contributed by atoms with Crippen LogP contribution in [0.1, 0.15) is 32.7 Å². The Kier molecular flexibility index (Phi) is 5.32. The molecule has 0 spiro atoms. The Morgan fingerprint density at radius 1 is 0.938 bits per heavy atom. The number of rotatable bonds is 3. The van der Waals surface area contributed by atoms with Crippen molar-refractivity contribution in [2.75, 3.05) is 6.54 Å². The summed E-state index contributed by atoms with van der Waals surface area (Å²) in [6.07, 6.45) is 0.858. The monoisotopic (exact) mass is 441 g/mol. The highest BCUT2D eigenvalue weighted by Crippen LogP contribution is 2.30. The van der Waals surface area contributed by atoms with Crippen LogP contribution < -0.4 is 0 Å². The van der Waals surface area contributed by atoms with Gasteiger partial charge in [-0.2, -0.15) is 5.10 Å². The molecule has 1 aliphatic heterocycles. The van der Waals surface area contributed by atoms with Crippen molar-refractivity contribution < 1.29 is 4.79 Å². The Morgan fingerprint density at radius 2 is 1.69 bits per heavy atom. The highest BCUT2D eigenvalue weighted by Gasteiger charge is 2.26. The van der Waals surface area contributed by atoms with Crippen LogP contribution in [-0.4, -0.2) is 27.1 Å². The van der Waals surface area contributed by atoms with E-state index in [2.05, 4.69) is 31.2 Å². The molecule has 0 saturated carbocycles. The lowest BCUT2D eigenvalue weighted by Gasteiger charge is -2.29. The van der Waals surface area contributed by atoms with E-state index in [0.717, 1.165) is 23.2 Å². The summed E-state index contributed by atoms with van der Waals surface area (Å²) in [5, 5.41) is 5.46. The lowest BCUT2D eigenvalue weighted by molar-refractivity contribution is 0.0725. The van der Waals surface area contributed by atoms with E-state index in [1.54, 1.807) is 4.68 Å². The molecule has 1 aromatic heterocycles. The Labute approximate surface area is 193 Å². The van der Waals surface area contributed by atoms with Crippen LogP contribution >= 0.6 is 11.6 Å². The van der Waals surface area contributed by atoms with Gasteiger partial charge < -0.3 is 4.90 Å². The number of benzene rings is 3. The van der Waals surface area contributed by atoms with Crippen molar-refractivity contribution in [2.24, 2.45) is 0 Å². The summed E-state index contributed by atoms with van der Waals surface area (Å²) in [4.78, 5) is 15.7. The van der Waals surface area contributed by atoms with Gasteiger partial charge in [0.15, 0.2) is 0 Å². The van der Waals surface area contributed by atoms with E-state index >= 15 is 0 Å². The van der Waals surface area contributed by atoms with Gasteiger partial charge in [-0.1, -0.05) is 71.8 Å². The van der Waals surface area contributed by atoms with Crippen LogP contribution in [0, 0.1) is 13.8 Å². The number of carbonyl (C=O) groups is 1. The minimum atomic E-state index is -0.0229. The number of aromatic nitrogens is 2. The minimum absolute atomic E-state index is 0.0229. The predicted octanol–water partition coefficient (Wildman–Crippen LogP) is 6.01. The maximum absolute atomic E-state index is 13.7. The lowest BCUT2D eigenvalue weighted by Crippen LogP contribution is -2.37. The molecular weight excluding hydrogens is 418 g/mol.